The van der Waals surface area contributed by atoms with Crippen LogP contribution in [0.1, 0.15) is 15.9 Å². The van der Waals surface area contributed by atoms with Crippen LogP contribution in [0.15, 0.2) is 42.6 Å². The van der Waals surface area contributed by atoms with Gasteiger partial charge in [0.2, 0.25) is 5.82 Å². The summed E-state index contributed by atoms with van der Waals surface area (Å²) < 4.78 is 0. The van der Waals surface area contributed by atoms with Crippen molar-refractivity contribution in [1.82, 2.24) is 25.2 Å². The zero-order valence-electron chi connectivity index (χ0n) is 10.8. The highest BCUT2D eigenvalue weighted by Crippen LogP contribution is 2.14. The summed E-state index contributed by atoms with van der Waals surface area (Å²) in [5, 5.41) is 12.3. The summed E-state index contributed by atoms with van der Waals surface area (Å²) in [5.41, 5.74) is 2.22. The minimum atomic E-state index is 0.523. The smallest absolute Gasteiger partial charge is 0.205 e. The molecule has 0 fully saturated rings. The fourth-order valence-corrected chi connectivity index (χ4v) is 1.87. The third kappa shape index (κ3) is 2.18. The Hall–Kier alpha value is -2.89. The van der Waals surface area contributed by atoms with Crippen molar-refractivity contribution >= 4 is 6.29 Å². The van der Waals surface area contributed by atoms with Crippen molar-refractivity contribution in [3.63, 3.8) is 0 Å². The number of pyridine rings is 1. The monoisotopic (exact) mass is 265 g/mol. The fraction of sp³-hybridized carbons (Fsp3) is 0.0714. The number of carbonyl (C=O) groups is 1. The SMILES string of the molecule is Cc1cc(C=O)cnc1-n1nnc(-c2ccccc2)n1. The Bertz CT molecular complexity index is 751. The molecular weight excluding hydrogens is 254 g/mol. The molecule has 2 aromatic heterocycles. The second-order valence-electron chi connectivity index (χ2n) is 4.30. The van der Waals surface area contributed by atoms with Gasteiger partial charge in [-0.25, -0.2) is 4.98 Å². The standard InChI is InChI=1S/C14H11N5O/c1-10-7-11(9-20)8-15-14(10)19-17-13(16-18-19)12-5-3-2-4-6-12/h2-9H,1H3. The van der Waals surface area contributed by atoms with Crippen molar-refractivity contribution in [1.29, 1.82) is 0 Å². The van der Waals surface area contributed by atoms with Crippen LogP contribution in [-0.2, 0) is 0 Å². The summed E-state index contributed by atoms with van der Waals surface area (Å²) in [6, 6.07) is 11.3. The van der Waals surface area contributed by atoms with E-state index in [1.165, 1.54) is 11.0 Å². The van der Waals surface area contributed by atoms with Crippen LogP contribution in [0.3, 0.4) is 0 Å². The van der Waals surface area contributed by atoms with Crippen LogP contribution in [0, 0.1) is 6.92 Å². The van der Waals surface area contributed by atoms with Gasteiger partial charge in [0.25, 0.3) is 0 Å². The van der Waals surface area contributed by atoms with Crippen LogP contribution in [0.4, 0.5) is 0 Å². The van der Waals surface area contributed by atoms with Crippen molar-refractivity contribution in [2.24, 2.45) is 0 Å². The van der Waals surface area contributed by atoms with Gasteiger partial charge in [0, 0.05) is 17.3 Å². The van der Waals surface area contributed by atoms with Crippen LogP contribution in [-0.4, -0.2) is 31.5 Å². The molecule has 6 heteroatoms. The first-order valence-electron chi connectivity index (χ1n) is 6.05. The Balaban J connectivity index is 2.00. The van der Waals surface area contributed by atoms with Crippen LogP contribution >= 0.6 is 0 Å². The molecule has 3 rings (SSSR count). The predicted molar refractivity (Wildman–Crippen MR) is 72.5 cm³/mol. The van der Waals surface area contributed by atoms with E-state index in [1.807, 2.05) is 37.3 Å². The molecule has 1 aromatic carbocycles. The Kier molecular flexibility index (Phi) is 3.04. The molecular formula is C14H11N5O. The topological polar surface area (TPSA) is 73.6 Å². The lowest BCUT2D eigenvalue weighted by Crippen LogP contribution is -2.05. The highest BCUT2D eigenvalue weighted by atomic mass is 16.1. The van der Waals surface area contributed by atoms with Gasteiger partial charge in [-0.15, -0.1) is 15.0 Å². The van der Waals surface area contributed by atoms with Crippen LogP contribution in [0.5, 0.6) is 0 Å². The number of hydrogen-bond donors (Lipinski definition) is 0. The lowest BCUT2D eigenvalue weighted by atomic mass is 10.2. The maximum Gasteiger partial charge on any atom is 0.205 e. The molecule has 0 aliphatic carbocycles. The second-order valence-corrected chi connectivity index (χ2v) is 4.30. The minimum absolute atomic E-state index is 0.523. The zero-order valence-corrected chi connectivity index (χ0v) is 10.8. The van der Waals surface area contributed by atoms with E-state index in [9.17, 15) is 4.79 Å². The summed E-state index contributed by atoms with van der Waals surface area (Å²) in [5.74, 6) is 1.09. The molecule has 0 amide bonds. The Labute approximate surface area is 115 Å². The number of hydrogen-bond acceptors (Lipinski definition) is 5. The van der Waals surface area contributed by atoms with E-state index in [2.05, 4.69) is 20.4 Å². The maximum absolute atomic E-state index is 10.7. The van der Waals surface area contributed by atoms with E-state index >= 15 is 0 Å². The first-order chi connectivity index (χ1) is 9.78. The molecule has 0 aliphatic rings. The van der Waals surface area contributed by atoms with Gasteiger partial charge in [-0.1, -0.05) is 30.3 Å². The first kappa shape index (κ1) is 12.2. The van der Waals surface area contributed by atoms with Gasteiger partial charge in [0.1, 0.15) is 0 Å². The number of carbonyl (C=O) groups excluding carboxylic acids is 1. The predicted octanol–water partition coefficient (Wildman–Crippen LogP) is 1.85. The minimum Gasteiger partial charge on any atom is -0.298 e. The first-order valence-corrected chi connectivity index (χ1v) is 6.05. The summed E-state index contributed by atoms with van der Waals surface area (Å²) in [4.78, 5) is 16.3. The van der Waals surface area contributed by atoms with E-state index < -0.39 is 0 Å². The Morgan fingerprint density at radius 2 is 2.00 bits per heavy atom. The third-order valence-electron chi connectivity index (χ3n) is 2.84. The second kappa shape index (κ2) is 5.00. The number of benzene rings is 1. The number of rotatable bonds is 3. The van der Waals surface area contributed by atoms with Crippen molar-refractivity contribution in [3.05, 3.63) is 53.7 Å². The zero-order chi connectivity index (χ0) is 13.9. The van der Waals surface area contributed by atoms with Gasteiger partial charge < -0.3 is 0 Å². The number of nitrogens with zero attached hydrogens (tertiary/aromatic N) is 5. The maximum atomic E-state index is 10.7. The van der Waals surface area contributed by atoms with Crippen molar-refractivity contribution in [2.75, 3.05) is 0 Å². The van der Waals surface area contributed by atoms with Gasteiger partial charge in [-0.2, -0.15) is 0 Å². The Morgan fingerprint density at radius 1 is 1.20 bits per heavy atom. The van der Waals surface area contributed by atoms with Crippen LogP contribution < -0.4 is 0 Å². The van der Waals surface area contributed by atoms with Crippen molar-refractivity contribution < 1.29 is 4.79 Å². The van der Waals surface area contributed by atoms with Gasteiger partial charge in [0.05, 0.1) is 0 Å². The van der Waals surface area contributed by atoms with E-state index in [-0.39, 0.29) is 0 Å². The van der Waals surface area contributed by atoms with E-state index in [4.69, 9.17) is 0 Å². The van der Waals surface area contributed by atoms with E-state index in [0.29, 0.717) is 17.2 Å². The molecule has 0 N–H and O–H groups in total. The number of tetrazole rings is 1. The Morgan fingerprint density at radius 3 is 2.70 bits per heavy atom. The molecule has 0 radical (unpaired) electrons. The molecule has 6 nitrogen and oxygen atoms in total. The lowest BCUT2D eigenvalue weighted by Gasteiger charge is -2.02. The van der Waals surface area contributed by atoms with Gasteiger partial charge >= 0.3 is 0 Å². The van der Waals surface area contributed by atoms with Crippen molar-refractivity contribution in [2.45, 2.75) is 6.92 Å². The highest BCUT2D eigenvalue weighted by molar-refractivity contribution is 5.74. The molecule has 0 unspecified atom stereocenters. The molecule has 3 aromatic rings. The quantitative estimate of drug-likeness (QED) is 0.675. The van der Waals surface area contributed by atoms with Crippen LogP contribution in [0.25, 0.3) is 17.2 Å². The van der Waals surface area contributed by atoms with E-state index in [1.54, 1.807) is 6.07 Å². The van der Waals surface area contributed by atoms with Crippen LogP contribution in [0.2, 0.25) is 0 Å². The average Bonchev–Trinajstić information content (AvgIpc) is 2.97. The molecule has 2 heterocycles. The fourth-order valence-electron chi connectivity index (χ4n) is 1.87. The summed E-state index contributed by atoms with van der Waals surface area (Å²) in [6.45, 7) is 1.85. The summed E-state index contributed by atoms with van der Waals surface area (Å²) in [6.07, 6.45) is 2.24. The number of aryl methyl sites for hydroxylation is 1. The van der Waals surface area contributed by atoms with Crippen molar-refractivity contribution in [3.8, 4) is 17.2 Å². The summed E-state index contributed by atoms with van der Waals surface area (Å²) in [7, 11) is 0. The molecule has 0 saturated carbocycles. The highest BCUT2D eigenvalue weighted by Gasteiger charge is 2.10. The third-order valence-corrected chi connectivity index (χ3v) is 2.84. The summed E-state index contributed by atoms with van der Waals surface area (Å²) >= 11 is 0. The average molecular weight is 265 g/mol. The molecule has 0 saturated heterocycles. The molecule has 20 heavy (non-hydrogen) atoms. The number of aldehydes is 1. The van der Waals surface area contributed by atoms with Gasteiger partial charge in [-0.05, 0) is 23.8 Å². The largest absolute Gasteiger partial charge is 0.298 e. The normalized spacial score (nSPS) is 10.4. The van der Waals surface area contributed by atoms with E-state index in [0.717, 1.165) is 17.4 Å². The molecule has 0 spiro atoms. The molecule has 0 bridgehead atoms. The molecule has 0 atom stereocenters. The van der Waals surface area contributed by atoms with Gasteiger partial charge in [0.15, 0.2) is 12.1 Å². The van der Waals surface area contributed by atoms with Gasteiger partial charge in [-0.3, -0.25) is 4.79 Å². The molecule has 98 valence electrons. The lowest BCUT2D eigenvalue weighted by molar-refractivity contribution is 0.112. The number of aromatic nitrogens is 5. The molecule has 0 aliphatic heterocycles.